The van der Waals surface area contributed by atoms with Gasteiger partial charge in [-0.15, -0.1) is 0 Å². The van der Waals surface area contributed by atoms with Crippen LogP contribution in [-0.4, -0.2) is 13.1 Å². The molecule has 1 aliphatic carbocycles. The average Bonchev–Trinajstić information content (AvgIpc) is 2.97. The van der Waals surface area contributed by atoms with Crippen molar-refractivity contribution >= 4 is 5.69 Å². The van der Waals surface area contributed by atoms with Crippen molar-refractivity contribution in [3.8, 4) is 0 Å². The Labute approximate surface area is 87.5 Å². The zero-order chi connectivity index (χ0) is 10.9. The van der Waals surface area contributed by atoms with Crippen LogP contribution in [0.4, 0.5) is 14.5 Å². The molecule has 0 unspecified atom stereocenters. The van der Waals surface area contributed by atoms with E-state index in [1.54, 1.807) is 0 Å². The maximum atomic E-state index is 13.2. The van der Waals surface area contributed by atoms with Crippen molar-refractivity contribution in [2.24, 2.45) is 11.1 Å². The summed E-state index contributed by atoms with van der Waals surface area (Å²) in [5.41, 5.74) is 6.08. The van der Waals surface area contributed by atoms with Crippen molar-refractivity contribution in [3.63, 3.8) is 0 Å². The monoisotopic (exact) mass is 212 g/mol. The van der Waals surface area contributed by atoms with Crippen LogP contribution in [-0.2, 0) is 0 Å². The zero-order valence-corrected chi connectivity index (χ0v) is 8.39. The van der Waals surface area contributed by atoms with E-state index in [1.165, 1.54) is 12.1 Å². The van der Waals surface area contributed by atoms with Crippen LogP contribution in [0.1, 0.15) is 12.8 Å². The third-order valence-corrected chi connectivity index (χ3v) is 2.98. The summed E-state index contributed by atoms with van der Waals surface area (Å²) in [7, 11) is 0. The molecule has 0 aliphatic heterocycles. The Morgan fingerprint density at radius 2 is 2.07 bits per heavy atom. The first-order valence-corrected chi connectivity index (χ1v) is 5.04. The number of benzene rings is 1. The average molecular weight is 212 g/mol. The van der Waals surface area contributed by atoms with Gasteiger partial charge in [-0.2, -0.15) is 0 Å². The predicted molar refractivity (Wildman–Crippen MR) is 55.6 cm³/mol. The molecule has 0 spiro atoms. The molecule has 4 heteroatoms. The van der Waals surface area contributed by atoms with Gasteiger partial charge in [0.25, 0.3) is 0 Å². The molecular weight excluding hydrogens is 198 g/mol. The van der Waals surface area contributed by atoms with Crippen molar-refractivity contribution in [2.75, 3.05) is 18.4 Å². The van der Waals surface area contributed by atoms with Gasteiger partial charge in [-0.1, -0.05) is 0 Å². The Bertz CT molecular complexity index is 362. The van der Waals surface area contributed by atoms with Gasteiger partial charge < -0.3 is 11.1 Å². The predicted octanol–water partition coefficient (Wildman–Crippen LogP) is 2.12. The van der Waals surface area contributed by atoms with Gasteiger partial charge in [0.05, 0.1) is 5.69 Å². The van der Waals surface area contributed by atoms with Crippen molar-refractivity contribution in [1.29, 1.82) is 0 Å². The van der Waals surface area contributed by atoms with E-state index in [-0.39, 0.29) is 5.41 Å². The summed E-state index contributed by atoms with van der Waals surface area (Å²) in [6.45, 7) is 1.27. The van der Waals surface area contributed by atoms with E-state index < -0.39 is 11.6 Å². The topological polar surface area (TPSA) is 38.0 Å². The van der Waals surface area contributed by atoms with Crippen LogP contribution in [0, 0.1) is 17.0 Å². The summed E-state index contributed by atoms with van der Waals surface area (Å²) in [5, 5.41) is 2.97. The van der Waals surface area contributed by atoms with Crippen LogP contribution in [0.25, 0.3) is 0 Å². The fraction of sp³-hybridized carbons (Fsp3) is 0.455. The molecule has 15 heavy (non-hydrogen) atoms. The number of hydrogen-bond acceptors (Lipinski definition) is 2. The maximum absolute atomic E-state index is 13.2. The van der Waals surface area contributed by atoms with Gasteiger partial charge in [0.1, 0.15) is 11.6 Å². The molecule has 1 aromatic carbocycles. The van der Waals surface area contributed by atoms with E-state index in [0.717, 1.165) is 18.9 Å². The number of rotatable bonds is 4. The molecule has 1 aromatic rings. The van der Waals surface area contributed by atoms with Crippen LogP contribution in [0.3, 0.4) is 0 Å². The van der Waals surface area contributed by atoms with Gasteiger partial charge in [-0.05, 0) is 36.9 Å². The first-order valence-electron chi connectivity index (χ1n) is 5.04. The van der Waals surface area contributed by atoms with Crippen molar-refractivity contribution in [2.45, 2.75) is 12.8 Å². The van der Waals surface area contributed by atoms with Gasteiger partial charge in [-0.25, -0.2) is 8.78 Å². The molecular formula is C11H14F2N2. The Hall–Kier alpha value is -1.16. The molecule has 0 heterocycles. The fourth-order valence-corrected chi connectivity index (χ4v) is 1.55. The molecule has 3 N–H and O–H groups in total. The lowest BCUT2D eigenvalue weighted by Gasteiger charge is -2.14. The normalized spacial score (nSPS) is 17.5. The van der Waals surface area contributed by atoms with Crippen molar-refractivity contribution in [3.05, 3.63) is 29.8 Å². The number of anilines is 1. The molecule has 0 bridgehead atoms. The Balaban J connectivity index is 1.99. The van der Waals surface area contributed by atoms with E-state index in [0.29, 0.717) is 18.8 Å². The van der Waals surface area contributed by atoms with E-state index in [4.69, 9.17) is 5.73 Å². The Morgan fingerprint density at radius 3 is 2.60 bits per heavy atom. The lowest BCUT2D eigenvalue weighted by Crippen LogP contribution is -2.24. The van der Waals surface area contributed by atoms with Crippen LogP contribution in [0.2, 0.25) is 0 Å². The van der Waals surface area contributed by atoms with Gasteiger partial charge >= 0.3 is 0 Å². The first-order chi connectivity index (χ1) is 7.15. The van der Waals surface area contributed by atoms with Gasteiger partial charge in [0, 0.05) is 12.6 Å². The second-order valence-electron chi connectivity index (χ2n) is 4.18. The highest BCUT2D eigenvalue weighted by atomic mass is 19.1. The highest BCUT2D eigenvalue weighted by molar-refractivity contribution is 5.45. The maximum Gasteiger partial charge on any atom is 0.149 e. The Morgan fingerprint density at radius 1 is 1.33 bits per heavy atom. The second-order valence-corrected chi connectivity index (χ2v) is 4.18. The van der Waals surface area contributed by atoms with E-state index in [1.807, 2.05) is 0 Å². The summed E-state index contributed by atoms with van der Waals surface area (Å²) < 4.78 is 25.8. The Kier molecular flexibility index (Phi) is 2.61. The first kappa shape index (κ1) is 10.4. The SMILES string of the molecule is NCC1(CNc2ccc(F)cc2F)CC1. The number of nitrogens with one attached hydrogen (secondary N) is 1. The highest BCUT2D eigenvalue weighted by Gasteiger charge is 2.40. The molecule has 2 rings (SSSR count). The third-order valence-electron chi connectivity index (χ3n) is 2.98. The number of nitrogens with two attached hydrogens (primary N) is 1. The number of halogens is 2. The van der Waals surface area contributed by atoms with Gasteiger partial charge in [0.2, 0.25) is 0 Å². The van der Waals surface area contributed by atoms with Crippen LogP contribution in [0.15, 0.2) is 18.2 Å². The molecule has 2 nitrogen and oxygen atoms in total. The van der Waals surface area contributed by atoms with Gasteiger partial charge in [0.15, 0.2) is 0 Å². The summed E-state index contributed by atoms with van der Waals surface area (Å²) in [6.07, 6.45) is 2.17. The van der Waals surface area contributed by atoms with Crippen LogP contribution in [0.5, 0.6) is 0 Å². The standard InChI is InChI=1S/C11H14F2N2/c12-8-1-2-10(9(13)5-8)15-7-11(6-14)3-4-11/h1-2,5,15H,3-4,6-7,14H2. The minimum absolute atomic E-state index is 0.140. The lowest BCUT2D eigenvalue weighted by atomic mass is 10.1. The summed E-state index contributed by atoms with van der Waals surface area (Å²) in [6, 6.07) is 3.54. The number of hydrogen-bond donors (Lipinski definition) is 2. The van der Waals surface area contributed by atoms with Gasteiger partial charge in [-0.3, -0.25) is 0 Å². The molecule has 82 valence electrons. The van der Waals surface area contributed by atoms with E-state index in [9.17, 15) is 8.78 Å². The third kappa shape index (κ3) is 2.26. The zero-order valence-electron chi connectivity index (χ0n) is 8.39. The van der Waals surface area contributed by atoms with E-state index in [2.05, 4.69) is 5.32 Å². The minimum atomic E-state index is -0.557. The van der Waals surface area contributed by atoms with Crippen molar-refractivity contribution in [1.82, 2.24) is 0 Å². The fourth-order valence-electron chi connectivity index (χ4n) is 1.55. The largest absolute Gasteiger partial charge is 0.382 e. The molecule has 0 saturated heterocycles. The smallest absolute Gasteiger partial charge is 0.149 e. The van der Waals surface area contributed by atoms with Crippen LogP contribution < -0.4 is 11.1 Å². The second kappa shape index (κ2) is 3.77. The molecule has 0 atom stereocenters. The summed E-state index contributed by atoms with van der Waals surface area (Å²) in [5.74, 6) is -1.11. The molecule has 1 aliphatic rings. The molecule has 0 amide bonds. The summed E-state index contributed by atoms with van der Waals surface area (Å²) in [4.78, 5) is 0. The molecule has 0 radical (unpaired) electrons. The van der Waals surface area contributed by atoms with E-state index >= 15 is 0 Å². The quantitative estimate of drug-likeness (QED) is 0.802. The lowest BCUT2D eigenvalue weighted by molar-refractivity contribution is 0.549. The molecule has 1 fully saturated rings. The minimum Gasteiger partial charge on any atom is -0.382 e. The molecule has 0 aromatic heterocycles. The molecule has 1 saturated carbocycles. The van der Waals surface area contributed by atoms with Crippen LogP contribution >= 0.6 is 0 Å². The summed E-state index contributed by atoms with van der Waals surface area (Å²) >= 11 is 0. The van der Waals surface area contributed by atoms with Crippen molar-refractivity contribution < 1.29 is 8.78 Å². The highest BCUT2D eigenvalue weighted by Crippen LogP contribution is 2.44.